The van der Waals surface area contributed by atoms with Crippen LogP contribution in [0.15, 0.2) is 42.6 Å². The molecule has 0 aliphatic rings. The fourth-order valence-electron chi connectivity index (χ4n) is 2.91. The largest absolute Gasteiger partial charge is 0.494 e. The molecule has 148 valence electrons. The van der Waals surface area contributed by atoms with E-state index in [9.17, 15) is 0 Å². The zero-order valence-corrected chi connectivity index (χ0v) is 17.1. The Balaban J connectivity index is 1.70. The molecule has 0 radical (unpaired) electrons. The first-order chi connectivity index (χ1) is 13.3. The topological polar surface area (TPSA) is 31.4 Å². The number of aromatic nitrogens is 1. The summed E-state index contributed by atoms with van der Waals surface area (Å²) >= 11 is 0. The molecule has 0 unspecified atom stereocenters. The molecular weight excluding hydrogens is 334 g/mol. The minimum absolute atomic E-state index is 0.783. The van der Waals surface area contributed by atoms with E-state index in [-0.39, 0.29) is 0 Å². The normalized spacial score (nSPS) is 10.9. The smallest absolute Gasteiger partial charge is 0.119 e. The van der Waals surface area contributed by atoms with Gasteiger partial charge in [0.05, 0.1) is 12.3 Å². The van der Waals surface area contributed by atoms with Crippen LogP contribution < -0.4 is 4.74 Å². The second-order valence-electron chi connectivity index (χ2n) is 7.05. The van der Waals surface area contributed by atoms with Gasteiger partial charge in [0.25, 0.3) is 0 Å². The summed E-state index contributed by atoms with van der Waals surface area (Å²) in [7, 11) is 0. The van der Waals surface area contributed by atoms with Crippen molar-refractivity contribution < 1.29 is 9.47 Å². The molecule has 3 heteroatoms. The van der Waals surface area contributed by atoms with Crippen LogP contribution in [-0.2, 0) is 11.2 Å². The van der Waals surface area contributed by atoms with E-state index in [0.29, 0.717) is 0 Å². The number of unbranched alkanes of at least 4 members (excludes halogenated alkanes) is 4. The summed E-state index contributed by atoms with van der Waals surface area (Å²) in [5.41, 5.74) is 3.40. The van der Waals surface area contributed by atoms with Crippen molar-refractivity contribution in [2.24, 2.45) is 0 Å². The minimum atomic E-state index is 0.783. The maximum atomic E-state index is 5.72. The van der Waals surface area contributed by atoms with Crippen LogP contribution in [0, 0.1) is 0 Å². The standard InChI is InChI=1S/C24H35NO2/c1-3-5-7-8-17-26-18-9-10-21-11-16-24(25-20-21)22-12-14-23(15-13-22)27-19-6-4-2/h11-16,20H,3-10,17-19H2,1-2H3. The molecule has 2 aromatic rings. The van der Waals surface area contributed by atoms with Gasteiger partial charge in [-0.15, -0.1) is 0 Å². The van der Waals surface area contributed by atoms with Crippen LogP contribution in [0.4, 0.5) is 0 Å². The van der Waals surface area contributed by atoms with Crippen molar-refractivity contribution in [3.8, 4) is 17.0 Å². The number of pyridine rings is 1. The molecule has 0 amide bonds. The van der Waals surface area contributed by atoms with Crippen molar-refractivity contribution >= 4 is 0 Å². The zero-order chi connectivity index (χ0) is 19.2. The number of rotatable bonds is 14. The molecule has 0 bridgehead atoms. The molecule has 1 aromatic heterocycles. The first-order valence-corrected chi connectivity index (χ1v) is 10.6. The van der Waals surface area contributed by atoms with Crippen LogP contribution in [0.5, 0.6) is 5.75 Å². The molecule has 0 spiro atoms. The third-order valence-corrected chi connectivity index (χ3v) is 4.64. The highest BCUT2D eigenvalue weighted by molar-refractivity contribution is 5.60. The third-order valence-electron chi connectivity index (χ3n) is 4.64. The van der Waals surface area contributed by atoms with E-state index in [1.165, 1.54) is 31.2 Å². The van der Waals surface area contributed by atoms with Gasteiger partial charge in [-0.25, -0.2) is 0 Å². The van der Waals surface area contributed by atoms with E-state index >= 15 is 0 Å². The average molecular weight is 370 g/mol. The van der Waals surface area contributed by atoms with Gasteiger partial charge >= 0.3 is 0 Å². The molecule has 0 N–H and O–H groups in total. The number of hydrogen-bond donors (Lipinski definition) is 0. The highest BCUT2D eigenvalue weighted by atomic mass is 16.5. The van der Waals surface area contributed by atoms with Crippen molar-refractivity contribution in [1.82, 2.24) is 4.98 Å². The van der Waals surface area contributed by atoms with E-state index < -0.39 is 0 Å². The Labute approximate surface area is 165 Å². The predicted molar refractivity (Wildman–Crippen MR) is 113 cm³/mol. The van der Waals surface area contributed by atoms with Crippen molar-refractivity contribution in [2.45, 2.75) is 65.2 Å². The zero-order valence-electron chi connectivity index (χ0n) is 17.1. The lowest BCUT2D eigenvalue weighted by Gasteiger charge is -2.07. The molecule has 27 heavy (non-hydrogen) atoms. The number of hydrogen-bond acceptors (Lipinski definition) is 3. The van der Waals surface area contributed by atoms with E-state index in [2.05, 4.69) is 43.1 Å². The van der Waals surface area contributed by atoms with E-state index in [1.807, 2.05) is 18.3 Å². The van der Waals surface area contributed by atoms with Crippen molar-refractivity contribution in [3.05, 3.63) is 48.2 Å². The Morgan fingerprint density at radius 1 is 0.741 bits per heavy atom. The lowest BCUT2D eigenvalue weighted by molar-refractivity contribution is 0.128. The monoisotopic (exact) mass is 369 g/mol. The maximum Gasteiger partial charge on any atom is 0.119 e. The second-order valence-corrected chi connectivity index (χ2v) is 7.05. The highest BCUT2D eigenvalue weighted by Gasteiger charge is 2.02. The Morgan fingerprint density at radius 3 is 2.22 bits per heavy atom. The summed E-state index contributed by atoms with van der Waals surface area (Å²) in [5, 5.41) is 0. The van der Waals surface area contributed by atoms with Crippen LogP contribution in [0.25, 0.3) is 11.3 Å². The van der Waals surface area contributed by atoms with Gasteiger partial charge < -0.3 is 9.47 Å². The van der Waals surface area contributed by atoms with Gasteiger partial charge in [-0.2, -0.15) is 0 Å². The van der Waals surface area contributed by atoms with E-state index in [4.69, 9.17) is 9.47 Å². The molecule has 0 saturated carbocycles. The number of nitrogens with zero attached hydrogens (tertiary/aromatic N) is 1. The second kappa shape index (κ2) is 13.3. The van der Waals surface area contributed by atoms with E-state index in [1.54, 1.807) is 0 Å². The summed E-state index contributed by atoms with van der Waals surface area (Å²) in [6.07, 6.45) is 11.4. The van der Waals surface area contributed by atoms with Crippen LogP contribution in [0.2, 0.25) is 0 Å². The lowest BCUT2D eigenvalue weighted by atomic mass is 10.1. The van der Waals surface area contributed by atoms with Gasteiger partial charge in [0.15, 0.2) is 0 Å². The molecule has 1 heterocycles. The summed E-state index contributed by atoms with van der Waals surface area (Å²) in [4.78, 5) is 4.62. The Bertz CT molecular complexity index is 607. The Hall–Kier alpha value is -1.87. The average Bonchev–Trinajstić information content (AvgIpc) is 2.71. The first-order valence-electron chi connectivity index (χ1n) is 10.6. The number of benzene rings is 1. The highest BCUT2D eigenvalue weighted by Crippen LogP contribution is 2.21. The molecule has 0 saturated heterocycles. The molecule has 1 aromatic carbocycles. The van der Waals surface area contributed by atoms with Crippen LogP contribution >= 0.6 is 0 Å². The third kappa shape index (κ3) is 8.57. The van der Waals surface area contributed by atoms with Gasteiger partial charge in [-0.1, -0.05) is 45.6 Å². The predicted octanol–water partition coefficient (Wildman–Crippen LogP) is 6.46. The molecule has 0 atom stereocenters. The van der Waals surface area contributed by atoms with Crippen molar-refractivity contribution in [2.75, 3.05) is 19.8 Å². The lowest BCUT2D eigenvalue weighted by Crippen LogP contribution is -1.99. The number of ether oxygens (including phenoxy) is 2. The fraction of sp³-hybridized carbons (Fsp3) is 0.542. The molecule has 2 rings (SSSR count). The van der Waals surface area contributed by atoms with E-state index in [0.717, 1.165) is 62.5 Å². The Morgan fingerprint density at radius 2 is 1.52 bits per heavy atom. The summed E-state index contributed by atoms with van der Waals surface area (Å²) in [6, 6.07) is 12.5. The quantitative estimate of drug-likeness (QED) is 0.358. The molecule has 0 fully saturated rings. The van der Waals surface area contributed by atoms with Gasteiger partial charge in [0.2, 0.25) is 0 Å². The van der Waals surface area contributed by atoms with Gasteiger partial charge in [0, 0.05) is 25.0 Å². The number of aryl methyl sites for hydroxylation is 1. The van der Waals surface area contributed by atoms with Gasteiger partial charge in [-0.05, 0) is 61.6 Å². The van der Waals surface area contributed by atoms with Gasteiger partial charge in [-0.3, -0.25) is 4.98 Å². The summed E-state index contributed by atoms with van der Waals surface area (Å²) in [6.45, 7) is 6.93. The molecule has 3 nitrogen and oxygen atoms in total. The van der Waals surface area contributed by atoms with Gasteiger partial charge in [0.1, 0.15) is 5.75 Å². The van der Waals surface area contributed by atoms with Crippen molar-refractivity contribution in [1.29, 1.82) is 0 Å². The van der Waals surface area contributed by atoms with Crippen molar-refractivity contribution in [3.63, 3.8) is 0 Å². The first kappa shape index (κ1) is 21.4. The maximum absolute atomic E-state index is 5.72. The minimum Gasteiger partial charge on any atom is -0.494 e. The summed E-state index contributed by atoms with van der Waals surface area (Å²) in [5.74, 6) is 0.929. The van der Waals surface area contributed by atoms with Crippen LogP contribution in [0.3, 0.4) is 0 Å². The van der Waals surface area contributed by atoms with Crippen LogP contribution in [0.1, 0.15) is 64.4 Å². The molecule has 0 aliphatic heterocycles. The molecular formula is C24H35NO2. The summed E-state index contributed by atoms with van der Waals surface area (Å²) < 4.78 is 11.4. The van der Waals surface area contributed by atoms with Crippen LogP contribution in [-0.4, -0.2) is 24.8 Å². The fourth-order valence-corrected chi connectivity index (χ4v) is 2.91. The Kier molecular flexibility index (Phi) is 10.6. The molecule has 0 aliphatic carbocycles. The SMILES string of the molecule is CCCCCCOCCCc1ccc(-c2ccc(OCCCC)cc2)nc1.